The molecule has 290 valence electrons. The van der Waals surface area contributed by atoms with Crippen LogP contribution >= 0.6 is 0 Å². The zero-order valence-corrected chi connectivity index (χ0v) is 33.2. The minimum absolute atomic E-state index is 0.112. The minimum Gasteiger partial charge on any atom is -0.456 e. The van der Waals surface area contributed by atoms with E-state index in [0.717, 1.165) is 83.6 Å². The molecule has 0 atom stereocenters. The van der Waals surface area contributed by atoms with Gasteiger partial charge in [0.05, 0.1) is 11.1 Å². The maximum Gasteiger partial charge on any atom is 0.167 e. The normalized spacial score (nSPS) is 22.5. The van der Waals surface area contributed by atoms with E-state index in [-0.39, 0.29) is 5.41 Å². The van der Waals surface area contributed by atoms with Crippen LogP contribution in [0.1, 0.15) is 43.2 Å². The fourth-order valence-electron chi connectivity index (χ4n) is 13.3. The van der Waals surface area contributed by atoms with Crippen molar-refractivity contribution in [2.75, 3.05) is 0 Å². The van der Waals surface area contributed by atoms with Gasteiger partial charge in [-0.2, -0.15) is 0 Å². The molecule has 0 saturated heterocycles. The van der Waals surface area contributed by atoms with E-state index in [1.165, 1.54) is 65.1 Å². The number of para-hydroxylation sites is 5. The van der Waals surface area contributed by atoms with E-state index in [1.54, 1.807) is 0 Å². The van der Waals surface area contributed by atoms with Gasteiger partial charge in [-0.3, -0.25) is 0 Å². The number of benzene rings is 7. The fourth-order valence-corrected chi connectivity index (χ4v) is 13.3. The monoisotopic (exact) mass is 787 g/mol. The summed E-state index contributed by atoms with van der Waals surface area (Å²) in [5, 5.41) is 6.69. The van der Waals surface area contributed by atoms with E-state index in [1.807, 2.05) is 24.3 Å². The summed E-state index contributed by atoms with van der Waals surface area (Å²) in [6.45, 7) is 0. The second kappa shape index (κ2) is 11.6. The molecule has 0 N–H and O–H groups in total. The van der Waals surface area contributed by atoms with Crippen molar-refractivity contribution in [3.63, 3.8) is 0 Å². The van der Waals surface area contributed by atoms with E-state index in [0.29, 0.717) is 29.3 Å². The van der Waals surface area contributed by atoms with E-state index in [9.17, 15) is 0 Å². The highest BCUT2D eigenvalue weighted by atomic mass is 16.3. The van der Waals surface area contributed by atoms with Crippen molar-refractivity contribution in [1.82, 2.24) is 15.0 Å². The molecule has 16 rings (SSSR count). The van der Waals surface area contributed by atoms with Crippen LogP contribution < -0.4 is 0 Å². The Morgan fingerprint density at radius 3 is 1.49 bits per heavy atom. The predicted molar refractivity (Wildman–Crippen MR) is 241 cm³/mol. The van der Waals surface area contributed by atoms with Crippen LogP contribution in [-0.4, -0.2) is 15.0 Å². The number of furan rings is 3. The Hall–Kier alpha value is -7.05. The zero-order chi connectivity index (χ0) is 39.6. The van der Waals surface area contributed by atoms with Crippen molar-refractivity contribution in [2.45, 2.75) is 37.5 Å². The molecular weight excluding hydrogens is 751 g/mol. The topological polar surface area (TPSA) is 78.1 Å². The maximum absolute atomic E-state index is 6.67. The molecule has 6 heteroatoms. The molecule has 0 radical (unpaired) electrons. The Morgan fingerprint density at radius 2 is 0.885 bits per heavy atom. The second-order valence-corrected chi connectivity index (χ2v) is 18.2. The lowest BCUT2D eigenvalue weighted by molar-refractivity contribution is -0.0393. The lowest BCUT2D eigenvalue weighted by Gasteiger charge is -2.61. The smallest absolute Gasteiger partial charge is 0.167 e. The molecule has 4 heterocycles. The van der Waals surface area contributed by atoms with Gasteiger partial charge in [0.25, 0.3) is 0 Å². The van der Waals surface area contributed by atoms with Crippen LogP contribution in [0, 0.1) is 23.7 Å². The van der Waals surface area contributed by atoms with Crippen LogP contribution in [0.5, 0.6) is 0 Å². The third-order valence-electron chi connectivity index (χ3n) is 15.3. The summed E-state index contributed by atoms with van der Waals surface area (Å²) in [5.74, 6) is 4.54. The highest BCUT2D eigenvalue weighted by molar-refractivity contribution is 6.13. The summed E-state index contributed by atoms with van der Waals surface area (Å²) in [6, 6.07) is 49.1. The van der Waals surface area contributed by atoms with Crippen molar-refractivity contribution in [3.8, 4) is 45.3 Å². The minimum atomic E-state index is -0.112. The SMILES string of the molecule is c1cc(-c2nc(-c3cccc4c3oc3ccccc34)nc(-c3cccc4c3oc3ccccc34)n2)c2c(c1)C1(c3c-2ccc2oc4ccccc4c32)C2CC3CC(C2)CC1C3. The largest absolute Gasteiger partial charge is 0.456 e. The Balaban J connectivity index is 1.04. The van der Waals surface area contributed by atoms with Crippen LogP contribution in [0.4, 0.5) is 0 Å². The Labute approximate surface area is 349 Å². The number of hydrogen-bond acceptors (Lipinski definition) is 6. The molecular formula is C55H37N3O3. The summed E-state index contributed by atoms with van der Waals surface area (Å²) in [4.78, 5) is 16.3. The van der Waals surface area contributed by atoms with E-state index < -0.39 is 0 Å². The van der Waals surface area contributed by atoms with Gasteiger partial charge in [0.1, 0.15) is 33.5 Å². The fraction of sp³-hybridized carbons (Fsp3) is 0.182. The highest BCUT2D eigenvalue weighted by Gasteiger charge is 2.62. The first kappa shape index (κ1) is 32.8. The van der Waals surface area contributed by atoms with E-state index in [2.05, 4.69) is 115 Å². The first-order chi connectivity index (χ1) is 30.2. The molecule has 0 amide bonds. The molecule has 11 aromatic rings. The number of aromatic nitrogens is 3. The second-order valence-electron chi connectivity index (χ2n) is 18.2. The summed E-state index contributed by atoms with van der Waals surface area (Å²) in [6.07, 6.45) is 6.53. The summed E-state index contributed by atoms with van der Waals surface area (Å²) in [7, 11) is 0. The standard InChI is InChI=1S/C55H37N3O3/c1-4-19-43-33(10-1)35-13-7-16-40(50(35)60-43)53-56-52(57-54(58-53)41-17-8-14-36-34-11-2-5-20-44(34)61-51(36)41)39-15-9-18-42-47(39)38-22-23-46-48(37-12-3-6-21-45(37)59-46)49(38)55(42)31-25-29-24-30(27-31)28-32(55)26-29/h1-23,29-32H,24-28H2. The number of rotatable bonds is 3. The highest BCUT2D eigenvalue weighted by Crippen LogP contribution is 2.71. The van der Waals surface area contributed by atoms with Gasteiger partial charge < -0.3 is 13.3 Å². The molecule has 0 unspecified atom stereocenters. The lowest BCUT2D eigenvalue weighted by Crippen LogP contribution is -2.55. The van der Waals surface area contributed by atoms with Crippen molar-refractivity contribution in [2.24, 2.45) is 23.7 Å². The van der Waals surface area contributed by atoms with Gasteiger partial charge in [-0.15, -0.1) is 0 Å². The molecule has 1 spiro atoms. The van der Waals surface area contributed by atoms with Crippen LogP contribution in [0.15, 0.2) is 153 Å². The first-order valence-electron chi connectivity index (χ1n) is 21.9. The summed E-state index contributed by atoms with van der Waals surface area (Å²) >= 11 is 0. The Bertz CT molecular complexity index is 3540. The van der Waals surface area contributed by atoms with Gasteiger partial charge in [0.2, 0.25) is 0 Å². The molecule has 4 bridgehead atoms. The number of fused-ring (bicyclic) bond motifs is 13. The molecule has 0 aliphatic heterocycles. The van der Waals surface area contributed by atoms with Gasteiger partial charge in [0.15, 0.2) is 17.5 Å². The lowest BCUT2D eigenvalue weighted by atomic mass is 9.43. The third-order valence-corrected chi connectivity index (χ3v) is 15.3. The molecule has 4 saturated carbocycles. The van der Waals surface area contributed by atoms with Gasteiger partial charge in [0, 0.05) is 43.3 Å². The average molecular weight is 788 g/mol. The van der Waals surface area contributed by atoms with Crippen molar-refractivity contribution in [3.05, 3.63) is 151 Å². The molecule has 61 heavy (non-hydrogen) atoms. The van der Waals surface area contributed by atoms with Crippen molar-refractivity contribution in [1.29, 1.82) is 0 Å². The third kappa shape index (κ3) is 4.20. The molecule has 7 aromatic carbocycles. The van der Waals surface area contributed by atoms with Crippen LogP contribution in [0.25, 0.3) is 111 Å². The molecule has 5 aliphatic rings. The number of hydrogen-bond donors (Lipinski definition) is 0. The van der Waals surface area contributed by atoms with Gasteiger partial charge in [-0.1, -0.05) is 103 Å². The van der Waals surface area contributed by atoms with Crippen LogP contribution in [-0.2, 0) is 5.41 Å². The quantitative estimate of drug-likeness (QED) is 0.177. The molecule has 6 nitrogen and oxygen atoms in total. The predicted octanol–water partition coefficient (Wildman–Crippen LogP) is 14.3. The number of nitrogens with zero attached hydrogens (tertiary/aromatic N) is 3. The molecule has 4 fully saturated rings. The zero-order valence-electron chi connectivity index (χ0n) is 33.2. The summed E-state index contributed by atoms with van der Waals surface area (Å²) in [5.41, 5.74) is 13.1. The van der Waals surface area contributed by atoms with Crippen LogP contribution in [0.3, 0.4) is 0 Å². The first-order valence-corrected chi connectivity index (χ1v) is 21.9. The van der Waals surface area contributed by atoms with E-state index >= 15 is 0 Å². The van der Waals surface area contributed by atoms with E-state index in [4.69, 9.17) is 28.2 Å². The molecule has 5 aliphatic carbocycles. The summed E-state index contributed by atoms with van der Waals surface area (Å²) < 4.78 is 19.9. The van der Waals surface area contributed by atoms with Crippen LogP contribution in [0.2, 0.25) is 0 Å². The molecule has 4 aromatic heterocycles. The Kier molecular flexibility index (Phi) is 6.23. The van der Waals surface area contributed by atoms with Crippen molar-refractivity contribution < 1.29 is 13.3 Å². The van der Waals surface area contributed by atoms with Gasteiger partial charge >= 0.3 is 0 Å². The average Bonchev–Trinajstić information content (AvgIpc) is 4.06. The van der Waals surface area contributed by atoms with Crippen molar-refractivity contribution >= 4 is 65.8 Å². The maximum atomic E-state index is 6.67. The van der Waals surface area contributed by atoms with Gasteiger partial charge in [-0.25, -0.2) is 15.0 Å². The van der Waals surface area contributed by atoms with Gasteiger partial charge in [-0.05, 0) is 114 Å². The Morgan fingerprint density at radius 1 is 0.393 bits per heavy atom.